The van der Waals surface area contributed by atoms with E-state index in [2.05, 4.69) is 4.99 Å². The van der Waals surface area contributed by atoms with Crippen LogP contribution in [0.4, 0.5) is 0 Å². The molecular formula is C9H16N2O2. The molecule has 0 aliphatic heterocycles. The SMILES string of the molecule is CCC(C)[C@H](C)C(=O)N=CC(N)=O. The van der Waals surface area contributed by atoms with Crippen molar-refractivity contribution < 1.29 is 9.59 Å². The van der Waals surface area contributed by atoms with Gasteiger partial charge in [0.2, 0.25) is 5.91 Å². The average molecular weight is 184 g/mol. The van der Waals surface area contributed by atoms with Crippen LogP contribution in [0.15, 0.2) is 4.99 Å². The number of primary amides is 1. The van der Waals surface area contributed by atoms with Gasteiger partial charge in [0.05, 0.1) is 6.21 Å². The molecule has 4 heteroatoms. The maximum atomic E-state index is 11.2. The standard InChI is InChI=1S/C9H16N2O2/c1-4-6(2)7(3)9(13)11-5-8(10)12/h5-7H,4H2,1-3H3,(H2,10,12)/t6?,7-/m0/s1. The van der Waals surface area contributed by atoms with Gasteiger partial charge in [0.1, 0.15) is 0 Å². The van der Waals surface area contributed by atoms with Crippen LogP contribution in [0.1, 0.15) is 27.2 Å². The summed E-state index contributed by atoms with van der Waals surface area (Å²) in [7, 11) is 0. The van der Waals surface area contributed by atoms with Gasteiger partial charge in [0.15, 0.2) is 0 Å². The van der Waals surface area contributed by atoms with Crippen molar-refractivity contribution in [2.45, 2.75) is 27.2 Å². The fourth-order valence-corrected chi connectivity index (χ4v) is 0.842. The van der Waals surface area contributed by atoms with E-state index in [0.717, 1.165) is 12.6 Å². The van der Waals surface area contributed by atoms with Gasteiger partial charge in [-0.15, -0.1) is 0 Å². The third kappa shape index (κ3) is 4.40. The summed E-state index contributed by atoms with van der Waals surface area (Å²) in [5.74, 6) is -0.851. The molecule has 0 aliphatic rings. The molecule has 0 radical (unpaired) electrons. The van der Waals surface area contributed by atoms with Gasteiger partial charge in [-0.2, -0.15) is 0 Å². The number of amides is 2. The van der Waals surface area contributed by atoms with Crippen LogP contribution >= 0.6 is 0 Å². The Morgan fingerprint density at radius 3 is 2.38 bits per heavy atom. The lowest BCUT2D eigenvalue weighted by molar-refractivity contribution is -0.122. The van der Waals surface area contributed by atoms with Crippen molar-refractivity contribution in [3.63, 3.8) is 0 Å². The Hall–Kier alpha value is -1.19. The van der Waals surface area contributed by atoms with Crippen molar-refractivity contribution in [2.24, 2.45) is 22.6 Å². The minimum absolute atomic E-state index is 0.152. The van der Waals surface area contributed by atoms with Crippen LogP contribution in [0.2, 0.25) is 0 Å². The maximum Gasteiger partial charge on any atom is 0.259 e. The van der Waals surface area contributed by atoms with Crippen molar-refractivity contribution in [1.29, 1.82) is 0 Å². The van der Waals surface area contributed by atoms with Gasteiger partial charge in [-0.05, 0) is 5.92 Å². The van der Waals surface area contributed by atoms with E-state index in [1.165, 1.54) is 0 Å². The van der Waals surface area contributed by atoms with Gasteiger partial charge in [0.25, 0.3) is 5.91 Å². The summed E-state index contributed by atoms with van der Waals surface area (Å²) >= 11 is 0. The molecule has 0 saturated heterocycles. The fraction of sp³-hybridized carbons (Fsp3) is 0.667. The summed E-state index contributed by atoms with van der Waals surface area (Å²) < 4.78 is 0. The first-order chi connectivity index (χ1) is 5.99. The van der Waals surface area contributed by atoms with Crippen LogP contribution in [0.25, 0.3) is 0 Å². The summed E-state index contributed by atoms with van der Waals surface area (Å²) in [4.78, 5) is 25.0. The number of nitrogens with two attached hydrogens (primary N) is 1. The van der Waals surface area contributed by atoms with Crippen molar-refractivity contribution in [1.82, 2.24) is 0 Å². The van der Waals surface area contributed by atoms with Crippen molar-refractivity contribution in [3.05, 3.63) is 0 Å². The third-order valence-corrected chi connectivity index (χ3v) is 2.21. The Balaban J connectivity index is 4.19. The molecule has 0 aliphatic carbocycles. The van der Waals surface area contributed by atoms with Gasteiger partial charge >= 0.3 is 0 Å². The van der Waals surface area contributed by atoms with E-state index in [4.69, 9.17) is 5.73 Å². The lowest BCUT2D eigenvalue weighted by Gasteiger charge is -2.13. The van der Waals surface area contributed by atoms with E-state index in [-0.39, 0.29) is 17.7 Å². The molecule has 0 bridgehead atoms. The number of hydrogen-bond acceptors (Lipinski definition) is 2. The summed E-state index contributed by atoms with van der Waals surface area (Å²) in [5, 5.41) is 0. The average Bonchev–Trinajstić information content (AvgIpc) is 2.11. The predicted octanol–water partition coefficient (Wildman–Crippen LogP) is 0.751. The normalized spacial score (nSPS) is 15.6. The Morgan fingerprint density at radius 1 is 1.46 bits per heavy atom. The molecule has 2 amide bonds. The zero-order valence-corrected chi connectivity index (χ0v) is 8.28. The van der Waals surface area contributed by atoms with Crippen LogP contribution in [0.3, 0.4) is 0 Å². The van der Waals surface area contributed by atoms with Gasteiger partial charge in [-0.25, -0.2) is 4.99 Å². The predicted molar refractivity (Wildman–Crippen MR) is 51.3 cm³/mol. The highest BCUT2D eigenvalue weighted by molar-refractivity contribution is 6.27. The Labute approximate surface area is 78.2 Å². The highest BCUT2D eigenvalue weighted by Gasteiger charge is 2.17. The molecule has 0 heterocycles. The highest BCUT2D eigenvalue weighted by atomic mass is 16.2. The Kier molecular flexibility index (Phi) is 4.96. The molecule has 0 fully saturated rings. The third-order valence-electron chi connectivity index (χ3n) is 2.21. The smallest absolute Gasteiger partial charge is 0.259 e. The number of aliphatic imine (C=N–C) groups is 1. The molecule has 2 N–H and O–H groups in total. The Bertz CT molecular complexity index is 224. The molecule has 13 heavy (non-hydrogen) atoms. The molecule has 0 rings (SSSR count). The monoisotopic (exact) mass is 184 g/mol. The maximum absolute atomic E-state index is 11.2. The van der Waals surface area contributed by atoms with E-state index >= 15 is 0 Å². The van der Waals surface area contributed by atoms with E-state index in [1.807, 2.05) is 13.8 Å². The van der Waals surface area contributed by atoms with Crippen LogP contribution in [0, 0.1) is 11.8 Å². The van der Waals surface area contributed by atoms with Crippen LogP contribution in [-0.2, 0) is 9.59 Å². The van der Waals surface area contributed by atoms with Crippen molar-refractivity contribution >= 4 is 18.0 Å². The summed E-state index contributed by atoms with van der Waals surface area (Å²) in [6.45, 7) is 5.78. The second kappa shape index (κ2) is 5.45. The molecule has 4 nitrogen and oxygen atoms in total. The van der Waals surface area contributed by atoms with E-state index < -0.39 is 5.91 Å². The fourth-order valence-electron chi connectivity index (χ4n) is 0.842. The van der Waals surface area contributed by atoms with E-state index in [0.29, 0.717) is 0 Å². The van der Waals surface area contributed by atoms with E-state index in [1.54, 1.807) is 6.92 Å². The number of carbonyl (C=O) groups is 2. The minimum atomic E-state index is -0.690. The molecule has 2 atom stereocenters. The van der Waals surface area contributed by atoms with Crippen LogP contribution in [-0.4, -0.2) is 18.0 Å². The second-order valence-corrected chi connectivity index (χ2v) is 3.17. The van der Waals surface area contributed by atoms with E-state index in [9.17, 15) is 9.59 Å². The Morgan fingerprint density at radius 2 is 2.00 bits per heavy atom. The number of rotatable bonds is 4. The quantitative estimate of drug-likeness (QED) is 0.655. The second-order valence-electron chi connectivity index (χ2n) is 3.17. The molecule has 0 saturated carbocycles. The van der Waals surface area contributed by atoms with Crippen molar-refractivity contribution in [3.8, 4) is 0 Å². The first-order valence-corrected chi connectivity index (χ1v) is 4.36. The topological polar surface area (TPSA) is 72.5 Å². The zero-order valence-electron chi connectivity index (χ0n) is 8.28. The molecule has 1 unspecified atom stereocenters. The first-order valence-electron chi connectivity index (χ1n) is 4.36. The minimum Gasteiger partial charge on any atom is -0.365 e. The molecule has 0 aromatic carbocycles. The molecule has 0 spiro atoms. The summed E-state index contributed by atoms with van der Waals surface area (Å²) in [5.41, 5.74) is 4.81. The highest BCUT2D eigenvalue weighted by Crippen LogP contribution is 2.15. The van der Waals surface area contributed by atoms with Gasteiger partial charge < -0.3 is 5.73 Å². The van der Waals surface area contributed by atoms with Crippen molar-refractivity contribution in [2.75, 3.05) is 0 Å². The van der Waals surface area contributed by atoms with Gasteiger partial charge in [-0.1, -0.05) is 27.2 Å². The molecule has 0 aromatic rings. The number of carbonyl (C=O) groups excluding carboxylic acids is 2. The molecular weight excluding hydrogens is 168 g/mol. The zero-order chi connectivity index (χ0) is 10.4. The number of hydrogen-bond donors (Lipinski definition) is 1. The van der Waals surface area contributed by atoms with Crippen LogP contribution < -0.4 is 5.73 Å². The largest absolute Gasteiger partial charge is 0.365 e. The van der Waals surface area contributed by atoms with Gasteiger partial charge in [0, 0.05) is 5.92 Å². The lowest BCUT2D eigenvalue weighted by Crippen LogP contribution is -2.19. The van der Waals surface area contributed by atoms with Crippen LogP contribution in [0.5, 0.6) is 0 Å². The van der Waals surface area contributed by atoms with Gasteiger partial charge in [-0.3, -0.25) is 9.59 Å². The molecule has 0 aromatic heterocycles. The lowest BCUT2D eigenvalue weighted by atomic mass is 9.93. The number of nitrogens with zero attached hydrogens (tertiary/aromatic N) is 1. The molecule has 74 valence electrons. The summed E-state index contributed by atoms with van der Waals surface area (Å²) in [6.07, 6.45) is 1.78. The first kappa shape index (κ1) is 11.8. The summed E-state index contributed by atoms with van der Waals surface area (Å²) in [6, 6.07) is 0.